The zero-order valence-corrected chi connectivity index (χ0v) is 16.6. The Kier molecular flexibility index (Phi) is 3.86. The van der Waals surface area contributed by atoms with Crippen molar-refractivity contribution in [3.63, 3.8) is 0 Å². The van der Waals surface area contributed by atoms with Crippen molar-refractivity contribution in [2.24, 2.45) is 0 Å². The molecular formula is C25H19I. The zero-order valence-electron chi connectivity index (χ0n) is 14.5. The summed E-state index contributed by atoms with van der Waals surface area (Å²) in [5.41, 5.74) is 8.22. The average Bonchev–Trinajstić information content (AvgIpc) is 3.02. The van der Waals surface area contributed by atoms with Gasteiger partial charge in [-0.25, -0.2) is 0 Å². The summed E-state index contributed by atoms with van der Waals surface area (Å²) in [6.07, 6.45) is 4.71. The lowest BCUT2D eigenvalue weighted by molar-refractivity contribution is 0.757. The Labute approximate surface area is 168 Å². The standard InChI is InChI=1S/C25H19I/c26-23-17-9-15-21-20-14-7-8-16-22(20)25(24(21)23,18-10-3-1-4-11-18)19-12-5-2-6-13-19/h1-8,10-16H,9,17H2. The molecule has 1 heteroatoms. The quantitative estimate of drug-likeness (QED) is 0.376. The predicted molar refractivity (Wildman–Crippen MR) is 117 cm³/mol. The van der Waals surface area contributed by atoms with Crippen LogP contribution < -0.4 is 0 Å². The molecule has 0 unspecified atom stereocenters. The van der Waals surface area contributed by atoms with E-state index in [0.717, 1.165) is 12.8 Å². The Morgan fingerprint density at radius 1 is 0.692 bits per heavy atom. The maximum Gasteiger partial charge on any atom is 0.0720 e. The van der Waals surface area contributed by atoms with Gasteiger partial charge in [0.05, 0.1) is 5.41 Å². The van der Waals surface area contributed by atoms with Crippen LogP contribution in [0.1, 0.15) is 35.1 Å². The number of fused-ring (bicyclic) bond motifs is 3. The molecule has 0 fully saturated rings. The molecule has 5 rings (SSSR count). The van der Waals surface area contributed by atoms with Crippen molar-refractivity contribution >= 4 is 28.2 Å². The van der Waals surface area contributed by atoms with Gasteiger partial charge in [-0.15, -0.1) is 0 Å². The number of allylic oxidation sites excluding steroid dienone is 4. The first-order valence-electron chi connectivity index (χ1n) is 9.14. The van der Waals surface area contributed by atoms with Crippen molar-refractivity contribution in [3.05, 3.63) is 122 Å². The van der Waals surface area contributed by atoms with Crippen LogP contribution in [-0.4, -0.2) is 0 Å². The summed E-state index contributed by atoms with van der Waals surface area (Å²) in [5.74, 6) is 0. The van der Waals surface area contributed by atoms with Gasteiger partial charge in [0.2, 0.25) is 0 Å². The van der Waals surface area contributed by atoms with Gasteiger partial charge in [0.15, 0.2) is 0 Å². The molecule has 126 valence electrons. The molecule has 26 heavy (non-hydrogen) atoms. The number of halogens is 1. The molecule has 0 atom stereocenters. The van der Waals surface area contributed by atoms with Crippen LogP contribution in [0.25, 0.3) is 5.57 Å². The number of benzene rings is 3. The summed E-state index contributed by atoms with van der Waals surface area (Å²) >= 11 is 2.59. The molecule has 0 aliphatic heterocycles. The van der Waals surface area contributed by atoms with E-state index in [1.807, 2.05) is 0 Å². The molecule has 0 heterocycles. The summed E-state index contributed by atoms with van der Waals surface area (Å²) in [6, 6.07) is 31.0. The lowest BCUT2D eigenvalue weighted by Gasteiger charge is -2.35. The molecule has 0 bridgehead atoms. The Bertz CT molecular complexity index is 987. The maximum atomic E-state index is 2.59. The van der Waals surface area contributed by atoms with E-state index in [2.05, 4.69) is 114 Å². The Morgan fingerprint density at radius 3 is 1.92 bits per heavy atom. The van der Waals surface area contributed by atoms with Gasteiger partial charge in [0, 0.05) is 0 Å². The third-order valence-corrected chi connectivity index (χ3v) is 6.74. The molecule has 0 spiro atoms. The fourth-order valence-corrected chi connectivity index (χ4v) is 5.70. The Morgan fingerprint density at radius 2 is 1.27 bits per heavy atom. The molecule has 3 aromatic carbocycles. The van der Waals surface area contributed by atoms with Gasteiger partial charge in [0.1, 0.15) is 0 Å². The van der Waals surface area contributed by atoms with Gasteiger partial charge in [-0.05, 0) is 72.4 Å². The Hall–Kier alpha value is -2.13. The highest BCUT2D eigenvalue weighted by Gasteiger charge is 2.49. The van der Waals surface area contributed by atoms with E-state index in [1.54, 1.807) is 0 Å². The molecule has 2 aliphatic carbocycles. The fourth-order valence-electron chi connectivity index (χ4n) is 4.69. The summed E-state index contributed by atoms with van der Waals surface area (Å²) in [5, 5.41) is 0. The average molecular weight is 446 g/mol. The van der Waals surface area contributed by atoms with Crippen LogP contribution in [0.5, 0.6) is 0 Å². The lowest BCUT2D eigenvalue weighted by atomic mass is 9.67. The van der Waals surface area contributed by atoms with E-state index < -0.39 is 0 Å². The van der Waals surface area contributed by atoms with Crippen molar-refractivity contribution in [2.45, 2.75) is 18.3 Å². The lowest BCUT2D eigenvalue weighted by Crippen LogP contribution is -2.29. The van der Waals surface area contributed by atoms with Gasteiger partial charge in [0.25, 0.3) is 0 Å². The molecule has 2 aliphatic rings. The maximum absolute atomic E-state index is 2.59. The van der Waals surface area contributed by atoms with Crippen molar-refractivity contribution in [1.82, 2.24) is 0 Å². The third kappa shape index (κ3) is 2.13. The van der Waals surface area contributed by atoms with Gasteiger partial charge in [-0.3, -0.25) is 0 Å². The summed E-state index contributed by atoms with van der Waals surface area (Å²) < 4.78 is 1.49. The third-order valence-electron chi connectivity index (χ3n) is 5.66. The first-order valence-corrected chi connectivity index (χ1v) is 10.2. The largest absolute Gasteiger partial charge is 0.0759 e. The minimum atomic E-state index is -0.220. The van der Waals surface area contributed by atoms with Crippen LogP contribution in [0.3, 0.4) is 0 Å². The molecule has 3 aromatic rings. The fraction of sp³-hybridized carbons (Fsp3) is 0.120. The highest BCUT2D eigenvalue weighted by molar-refractivity contribution is 14.1. The van der Waals surface area contributed by atoms with Crippen molar-refractivity contribution in [1.29, 1.82) is 0 Å². The Balaban J connectivity index is 1.98. The summed E-state index contributed by atoms with van der Waals surface area (Å²) in [7, 11) is 0. The van der Waals surface area contributed by atoms with E-state index in [1.165, 1.54) is 37.0 Å². The topological polar surface area (TPSA) is 0 Å². The second-order valence-corrected chi connectivity index (χ2v) is 8.27. The molecule has 0 radical (unpaired) electrons. The zero-order chi connectivity index (χ0) is 17.6. The monoisotopic (exact) mass is 446 g/mol. The highest BCUT2D eigenvalue weighted by atomic mass is 127. The van der Waals surface area contributed by atoms with Crippen LogP contribution in [0.15, 0.2) is 100 Å². The second kappa shape index (κ2) is 6.24. The van der Waals surface area contributed by atoms with Gasteiger partial charge in [-0.2, -0.15) is 0 Å². The van der Waals surface area contributed by atoms with Gasteiger partial charge in [-0.1, -0.05) is 91.0 Å². The molecule has 0 N–H and O–H groups in total. The normalized spacial score (nSPS) is 17.5. The van der Waals surface area contributed by atoms with Crippen molar-refractivity contribution < 1.29 is 0 Å². The van der Waals surface area contributed by atoms with E-state index in [9.17, 15) is 0 Å². The summed E-state index contributed by atoms with van der Waals surface area (Å²) in [6.45, 7) is 0. The molecule has 0 nitrogen and oxygen atoms in total. The van der Waals surface area contributed by atoms with Crippen molar-refractivity contribution in [3.8, 4) is 0 Å². The van der Waals surface area contributed by atoms with Crippen LogP contribution in [0.4, 0.5) is 0 Å². The van der Waals surface area contributed by atoms with Gasteiger partial charge < -0.3 is 0 Å². The van der Waals surface area contributed by atoms with E-state index in [4.69, 9.17) is 0 Å². The summed E-state index contributed by atoms with van der Waals surface area (Å²) in [4.78, 5) is 0. The minimum absolute atomic E-state index is 0.220. The number of hydrogen-bond acceptors (Lipinski definition) is 0. The minimum Gasteiger partial charge on any atom is -0.0759 e. The second-order valence-electron chi connectivity index (χ2n) is 6.96. The predicted octanol–water partition coefficient (Wildman–Crippen LogP) is 6.90. The highest BCUT2D eigenvalue weighted by Crippen LogP contribution is 2.60. The first kappa shape index (κ1) is 16.1. The number of rotatable bonds is 2. The smallest absolute Gasteiger partial charge is 0.0720 e. The SMILES string of the molecule is IC1=C2C(=CCC1)c1ccccc1C2(c1ccccc1)c1ccccc1. The van der Waals surface area contributed by atoms with Crippen LogP contribution in [-0.2, 0) is 5.41 Å². The molecule has 0 saturated carbocycles. The van der Waals surface area contributed by atoms with Crippen LogP contribution >= 0.6 is 22.6 Å². The van der Waals surface area contributed by atoms with Gasteiger partial charge >= 0.3 is 0 Å². The molecule has 0 aromatic heterocycles. The van der Waals surface area contributed by atoms with E-state index in [-0.39, 0.29) is 5.41 Å². The molecule has 0 amide bonds. The number of hydrogen-bond donors (Lipinski definition) is 0. The molecule has 0 saturated heterocycles. The van der Waals surface area contributed by atoms with Crippen molar-refractivity contribution in [2.75, 3.05) is 0 Å². The first-order chi connectivity index (χ1) is 12.8. The van der Waals surface area contributed by atoms with E-state index >= 15 is 0 Å². The molecular weight excluding hydrogens is 427 g/mol. The van der Waals surface area contributed by atoms with E-state index in [0.29, 0.717) is 0 Å². The van der Waals surface area contributed by atoms with Crippen LogP contribution in [0.2, 0.25) is 0 Å². The van der Waals surface area contributed by atoms with Crippen LogP contribution in [0, 0.1) is 0 Å².